The van der Waals surface area contributed by atoms with E-state index in [4.69, 9.17) is 11.6 Å². The molecule has 0 unspecified atom stereocenters. The van der Waals surface area contributed by atoms with Gasteiger partial charge in [-0.25, -0.2) is 8.42 Å². The van der Waals surface area contributed by atoms with Crippen LogP contribution in [0.1, 0.15) is 21.5 Å². The van der Waals surface area contributed by atoms with Crippen molar-refractivity contribution < 1.29 is 18.0 Å². The first-order valence-electron chi connectivity index (χ1n) is 10.7. The van der Waals surface area contributed by atoms with Gasteiger partial charge in [0.25, 0.3) is 5.91 Å². The fourth-order valence-corrected chi connectivity index (χ4v) is 5.51. The molecule has 7 nitrogen and oxygen atoms in total. The van der Waals surface area contributed by atoms with E-state index in [1.807, 2.05) is 30.3 Å². The molecule has 1 N–H and O–H groups in total. The number of nitrogens with one attached hydrogen (secondary N) is 1. The molecule has 0 bridgehead atoms. The molecule has 9 heteroatoms. The van der Waals surface area contributed by atoms with Crippen LogP contribution in [-0.2, 0) is 27.8 Å². The maximum Gasteiger partial charge on any atom is 0.255 e. The Morgan fingerprint density at radius 1 is 1.00 bits per heavy atom. The van der Waals surface area contributed by atoms with Crippen molar-refractivity contribution >= 4 is 39.1 Å². The third-order valence-corrected chi connectivity index (χ3v) is 7.86. The number of para-hydroxylation sites is 1. The predicted octanol–water partition coefficient (Wildman–Crippen LogP) is 3.80. The van der Waals surface area contributed by atoms with E-state index >= 15 is 0 Å². The summed E-state index contributed by atoms with van der Waals surface area (Å²) >= 11 is 6.25. The van der Waals surface area contributed by atoms with E-state index in [-0.39, 0.29) is 34.5 Å². The first-order chi connectivity index (χ1) is 16.3. The highest BCUT2D eigenvalue weighted by atomic mass is 35.5. The minimum atomic E-state index is -3.84. The lowest BCUT2D eigenvalue weighted by Crippen LogP contribution is -2.36. The van der Waals surface area contributed by atoms with Crippen LogP contribution in [0.2, 0.25) is 5.02 Å². The number of amides is 2. The minimum Gasteiger partial charge on any atom is -0.332 e. The van der Waals surface area contributed by atoms with Crippen LogP contribution in [0.25, 0.3) is 0 Å². The fourth-order valence-electron chi connectivity index (χ4n) is 3.87. The summed E-state index contributed by atoms with van der Waals surface area (Å²) in [5.41, 5.74) is 2.74. The van der Waals surface area contributed by atoms with Gasteiger partial charge in [-0.2, -0.15) is 4.31 Å². The van der Waals surface area contributed by atoms with Crippen molar-refractivity contribution in [2.75, 3.05) is 25.5 Å². The van der Waals surface area contributed by atoms with E-state index in [2.05, 4.69) is 5.32 Å². The topological polar surface area (TPSA) is 86.8 Å². The zero-order valence-corrected chi connectivity index (χ0v) is 20.1. The van der Waals surface area contributed by atoms with E-state index in [0.717, 1.165) is 11.1 Å². The van der Waals surface area contributed by atoms with Crippen LogP contribution in [0, 0.1) is 0 Å². The Morgan fingerprint density at radius 2 is 1.68 bits per heavy atom. The largest absolute Gasteiger partial charge is 0.332 e. The first kappa shape index (κ1) is 23.9. The summed E-state index contributed by atoms with van der Waals surface area (Å²) < 4.78 is 28.1. The monoisotopic (exact) mass is 497 g/mol. The van der Waals surface area contributed by atoms with E-state index in [1.165, 1.54) is 34.5 Å². The molecular weight excluding hydrogens is 474 g/mol. The maximum absolute atomic E-state index is 13.3. The number of benzene rings is 3. The number of anilines is 1. The third kappa shape index (κ3) is 5.14. The molecule has 0 aliphatic carbocycles. The molecule has 2 amide bonds. The van der Waals surface area contributed by atoms with Crippen LogP contribution in [0.5, 0.6) is 0 Å². The highest BCUT2D eigenvalue weighted by Gasteiger charge is 2.29. The molecule has 1 aliphatic rings. The van der Waals surface area contributed by atoms with Crippen molar-refractivity contribution in [2.45, 2.75) is 17.9 Å². The molecule has 1 aliphatic heterocycles. The van der Waals surface area contributed by atoms with Gasteiger partial charge in [-0.15, -0.1) is 0 Å². The Morgan fingerprint density at radius 3 is 2.41 bits per heavy atom. The van der Waals surface area contributed by atoms with Crippen molar-refractivity contribution in [2.24, 2.45) is 0 Å². The summed E-state index contributed by atoms with van der Waals surface area (Å²) in [6.07, 6.45) is 0.619. The van der Waals surface area contributed by atoms with E-state index < -0.39 is 15.9 Å². The smallest absolute Gasteiger partial charge is 0.255 e. The number of likely N-dealkylation sites (N-methyl/N-ethyl adjacent to an activating group) is 1. The molecule has 0 radical (unpaired) electrons. The number of fused-ring (bicyclic) bond motifs is 1. The van der Waals surface area contributed by atoms with Crippen LogP contribution < -0.4 is 5.32 Å². The number of hydrogen-bond acceptors (Lipinski definition) is 4. The number of hydrogen-bond donors (Lipinski definition) is 1. The summed E-state index contributed by atoms with van der Waals surface area (Å²) in [6.45, 7) is 0.402. The molecule has 176 valence electrons. The van der Waals surface area contributed by atoms with Gasteiger partial charge < -0.3 is 10.2 Å². The summed E-state index contributed by atoms with van der Waals surface area (Å²) in [4.78, 5) is 26.6. The zero-order chi connectivity index (χ0) is 24.3. The van der Waals surface area contributed by atoms with Gasteiger partial charge in [0.2, 0.25) is 15.9 Å². The molecular formula is C25H24ClN3O4S. The number of nitrogens with zero attached hydrogens (tertiary/aromatic N) is 2. The molecule has 4 rings (SSSR count). The second kappa shape index (κ2) is 9.97. The van der Waals surface area contributed by atoms with Crippen LogP contribution in [0.4, 0.5) is 5.69 Å². The number of sulfonamides is 1. The molecule has 0 spiro atoms. The molecule has 0 saturated heterocycles. The summed E-state index contributed by atoms with van der Waals surface area (Å²) in [5, 5.41) is 2.83. The maximum atomic E-state index is 13.3. The van der Waals surface area contributed by atoms with Gasteiger partial charge in [0.1, 0.15) is 0 Å². The lowest BCUT2D eigenvalue weighted by atomic mass is 10.0. The average molecular weight is 498 g/mol. The molecule has 0 saturated carbocycles. The van der Waals surface area contributed by atoms with Gasteiger partial charge in [-0.1, -0.05) is 54.1 Å². The van der Waals surface area contributed by atoms with Crippen molar-refractivity contribution in [3.05, 3.63) is 94.5 Å². The van der Waals surface area contributed by atoms with Crippen molar-refractivity contribution in [3.63, 3.8) is 0 Å². The second-order valence-corrected chi connectivity index (χ2v) is 10.4. The Kier molecular flexibility index (Phi) is 7.02. The Labute approximate surface area is 204 Å². The molecule has 0 aromatic heterocycles. The molecule has 3 aromatic rings. The van der Waals surface area contributed by atoms with Gasteiger partial charge in [-0.3, -0.25) is 9.59 Å². The number of carbonyl (C=O) groups excluding carboxylic acids is 2. The quantitative estimate of drug-likeness (QED) is 0.561. The van der Waals surface area contributed by atoms with Gasteiger partial charge in [0, 0.05) is 25.8 Å². The molecule has 34 heavy (non-hydrogen) atoms. The van der Waals surface area contributed by atoms with Crippen LogP contribution in [-0.4, -0.2) is 49.6 Å². The van der Waals surface area contributed by atoms with Gasteiger partial charge in [0.15, 0.2) is 0 Å². The predicted molar refractivity (Wildman–Crippen MR) is 131 cm³/mol. The summed E-state index contributed by atoms with van der Waals surface area (Å²) in [7, 11) is -2.38. The lowest BCUT2D eigenvalue weighted by Gasteiger charge is -2.28. The van der Waals surface area contributed by atoms with E-state index in [0.29, 0.717) is 18.7 Å². The van der Waals surface area contributed by atoms with Crippen LogP contribution in [0.3, 0.4) is 0 Å². The van der Waals surface area contributed by atoms with Crippen molar-refractivity contribution in [3.8, 4) is 0 Å². The van der Waals surface area contributed by atoms with Gasteiger partial charge in [-0.05, 0) is 47.9 Å². The Balaban J connectivity index is 1.51. The normalized spacial score (nSPS) is 13.7. The van der Waals surface area contributed by atoms with Crippen molar-refractivity contribution in [1.82, 2.24) is 9.21 Å². The zero-order valence-electron chi connectivity index (χ0n) is 18.6. The summed E-state index contributed by atoms with van der Waals surface area (Å²) in [6, 6.07) is 20.7. The molecule has 0 atom stereocenters. The summed E-state index contributed by atoms with van der Waals surface area (Å²) in [5.74, 6) is -0.928. The number of halogens is 1. The second-order valence-electron chi connectivity index (χ2n) is 8.07. The average Bonchev–Trinajstić information content (AvgIpc) is 2.84. The molecule has 1 heterocycles. The SMILES string of the molecule is CN(CC(=O)Nc1ccccc1)C(=O)c1cc(S(=O)(=O)N2CCc3ccccc3C2)ccc1Cl. The lowest BCUT2D eigenvalue weighted by molar-refractivity contribution is -0.116. The van der Waals surface area contributed by atoms with Gasteiger partial charge >= 0.3 is 0 Å². The highest BCUT2D eigenvalue weighted by Crippen LogP contribution is 2.28. The third-order valence-electron chi connectivity index (χ3n) is 5.69. The molecule has 0 fully saturated rings. The highest BCUT2D eigenvalue weighted by molar-refractivity contribution is 7.89. The molecule has 3 aromatic carbocycles. The first-order valence-corrected chi connectivity index (χ1v) is 12.5. The van der Waals surface area contributed by atoms with Crippen LogP contribution in [0.15, 0.2) is 77.7 Å². The van der Waals surface area contributed by atoms with Crippen LogP contribution >= 0.6 is 11.6 Å². The fraction of sp³-hybridized carbons (Fsp3) is 0.200. The van der Waals surface area contributed by atoms with E-state index in [9.17, 15) is 18.0 Å². The van der Waals surface area contributed by atoms with E-state index in [1.54, 1.807) is 24.3 Å². The van der Waals surface area contributed by atoms with Gasteiger partial charge in [0.05, 0.1) is 22.0 Å². The number of rotatable bonds is 6. The minimum absolute atomic E-state index is 0.0123. The Hall–Kier alpha value is -3.20. The number of carbonyl (C=O) groups is 2. The van der Waals surface area contributed by atoms with Crippen molar-refractivity contribution in [1.29, 1.82) is 0 Å². The Bertz CT molecular complexity index is 1330. The standard InChI is InChI=1S/C25H24ClN3O4S/c1-28(17-24(30)27-20-9-3-2-4-10-20)25(31)22-15-21(11-12-23(22)26)34(32,33)29-14-13-18-7-5-6-8-19(18)16-29/h2-12,15H,13-14,16-17H2,1H3,(H,27,30).